The molecule has 0 amide bonds. The minimum Gasteiger partial charge on any atom is -0.463 e. The first kappa shape index (κ1) is 10.5. The van der Waals surface area contributed by atoms with Gasteiger partial charge in [0, 0.05) is 0 Å². The third kappa shape index (κ3) is 2.99. The Kier molecular flexibility index (Phi) is 2.96. The fourth-order valence-electron chi connectivity index (χ4n) is 1.67. The molecule has 0 aromatic heterocycles. The van der Waals surface area contributed by atoms with Gasteiger partial charge in [-0.05, 0) is 39.5 Å². The normalized spacial score (nSPS) is 30.9. The van der Waals surface area contributed by atoms with Crippen molar-refractivity contribution >= 4 is 5.97 Å². The van der Waals surface area contributed by atoms with Crippen LogP contribution in [0.25, 0.3) is 0 Å². The first-order chi connectivity index (χ1) is 5.89. The van der Waals surface area contributed by atoms with E-state index in [1.165, 1.54) is 0 Å². The second-order valence-corrected chi connectivity index (χ2v) is 4.43. The summed E-state index contributed by atoms with van der Waals surface area (Å²) in [5.41, 5.74) is -0.775. The summed E-state index contributed by atoms with van der Waals surface area (Å²) >= 11 is 0. The molecular formula is C10H18O3. The maximum absolute atomic E-state index is 11.2. The van der Waals surface area contributed by atoms with Crippen molar-refractivity contribution in [3.63, 3.8) is 0 Å². The van der Waals surface area contributed by atoms with Gasteiger partial charge in [0.1, 0.15) is 0 Å². The molecule has 2 unspecified atom stereocenters. The molecule has 13 heavy (non-hydrogen) atoms. The first-order valence-corrected chi connectivity index (χ1v) is 4.81. The van der Waals surface area contributed by atoms with E-state index in [0.29, 0.717) is 6.42 Å². The average Bonchev–Trinajstić information content (AvgIpc) is 2.09. The number of ether oxygens (including phenoxy) is 1. The lowest BCUT2D eigenvalue weighted by Gasteiger charge is -2.26. The second-order valence-electron chi connectivity index (χ2n) is 4.43. The van der Waals surface area contributed by atoms with Gasteiger partial charge in [0.15, 0.2) is 0 Å². The van der Waals surface area contributed by atoms with Gasteiger partial charge in [-0.1, -0.05) is 0 Å². The molecule has 1 N–H and O–H groups in total. The number of aliphatic hydroxyl groups is 1. The first-order valence-electron chi connectivity index (χ1n) is 4.81. The average molecular weight is 186 g/mol. The predicted molar refractivity (Wildman–Crippen MR) is 49.2 cm³/mol. The van der Waals surface area contributed by atoms with Crippen molar-refractivity contribution in [2.75, 3.05) is 0 Å². The standard InChI is InChI=1S/C10H18O3/c1-7-4-5-8(10(2,3)12)6-9(11)13-7/h7-8,12H,4-6H2,1-3H3. The summed E-state index contributed by atoms with van der Waals surface area (Å²) in [6.07, 6.45) is 2.05. The molecule has 1 saturated heterocycles. The van der Waals surface area contributed by atoms with E-state index in [1.807, 2.05) is 6.92 Å². The van der Waals surface area contributed by atoms with Crippen molar-refractivity contribution in [2.24, 2.45) is 5.92 Å². The molecule has 1 aliphatic heterocycles. The minimum atomic E-state index is -0.775. The van der Waals surface area contributed by atoms with Crippen molar-refractivity contribution in [1.82, 2.24) is 0 Å². The Morgan fingerprint density at radius 2 is 2.08 bits per heavy atom. The van der Waals surface area contributed by atoms with E-state index in [4.69, 9.17) is 4.74 Å². The van der Waals surface area contributed by atoms with E-state index in [-0.39, 0.29) is 18.0 Å². The summed E-state index contributed by atoms with van der Waals surface area (Å²) in [6.45, 7) is 5.40. The van der Waals surface area contributed by atoms with Crippen LogP contribution in [0.5, 0.6) is 0 Å². The van der Waals surface area contributed by atoms with Gasteiger partial charge >= 0.3 is 5.97 Å². The van der Waals surface area contributed by atoms with Crippen LogP contribution in [-0.4, -0.2) is 22.8 Å². The van der Waals surface area contributed by atoms with Gasteiger partial charge in [0.25, 0.3) is 0 Å². The van der Waals surface area contributed by atoms with Crippen molar-refractivity contribution < 1.29 is 14.6 Å². The minimum absolute atomic E-state index is 0.000139. The van der Waals surface area contributed by atoms with Crippen molar-refractivity contribution in [1.29, 1.82) is 0 Å². The Labute approximate surface area is 79.1 Å². The molecule has 0 aromatic rings. The molecule has 1 rings (SSSR count). The Morgan fingerprint density at radius 3 is 2.62 bits per heavy atom. The molecule has 0 spiro atoms. The summed E-state index contributed by atoms with van der Waals surface area (Å²) in [6, 6.07) is 0. The fraction of sp³-hybridized carbons (Fsp3) is 0.900. The Morgan fingerprint density at radius 1 is 1.46 bits per heavy atom. The van der Waals surface area contributed by atoms with E-state index in [9.17, 15) is 9.90 Å². The third-order valence-electron chi connectivity index (χ3n) is 2.67. The molecule has 76 valence electrons. The van der Waals surface area contributed by atoms with Crippen LogP contribution < -0.4 is 0 Å². The second kappa shape index (κ2) is 3.66. The van der Waals surface area contributed by atoms with Gasteiger partial charge in [-0.2, -0.15) is 0 Å². The highest BCUT2D eigenvalue weighted by molar-refractivity contribution is 5.70. The number of hydrogen-bond donors (Lipinski definition) is 1. The van der Waals surface area contributed by atoms with Gasteiger partial charge in [-0.25, -0.2) is 0 Å². The summed E-state index contributed by atoms with van der Waals surface area (Å²) in [4.78, 5) is 11.2. The van der Waals surface area contributed by atoms with Crippen LogP contribution >= 0.6 is 0 Å². The molecule has 0 aliphatic carbocycles. The van der Waals surface area contributed by atoms with Crippen molar-refractivity contribution in [3.8, 4) is 0 Å². The SMILES string of the molecule is CC1CCC(C(C)(C)O)CC(=O)O1. The Hall–Kier alpha value is -0.570. The number of cyclic esters (lactones) is 1. The van der Waals surface area contributed by atoms with Crippen molar-refractivity contribution in [2.45, 2.75) is 51.7 Å². The van der Waals surface area contributed by atoms with Crippen LogP contribution in [0.1, 0.15) is 40.0 Å². The number of esters is 1. The van der Waals surface area contributed by atoms with E-state index >= 15 is 0 Å². The number of carbonyl (C=O) groups is 1. The lowest BCUT2D eigenvalue weighted by atomic mass is 9.84. The van der Waals surface area contributed by atoms with Crippen molar-refractivity contribution in [3.05, 3.63) is 0 Å². The Balaban J connectivity index is 2.63. The quantitative estimate of drug-likeness (QED) is 0.631. The topological polar surface area (TPSA) is 46.5 Å². The van der Waals surface area contributed by atoms with Gasteiger partial charge in [-0.15, -0.1) is 0 Å². The van der Waals surface area contributed by atoms with Crippen LogP contribution in [-0.2, 0) is 9.53 Å². The monoisotopic (exact) mass is 186 g/mol. The van der Waals surface area contributed by atoms with Crippen LogP contribution in [0.3, 0.4) is 0 Å². The number of rotatable bonds is 1. The molecule has 1 aliphatic rings. The zero-order valence-electron chi connectivity index (χ0n) is 8.54. The maximum atomic E-state index is 11.2. The molecule has 0 aromatic carbocycles. The van der Waals surface area contributed by atoms with E-state index in [1.54, 1.807) is 13.8 Å². The molecule has 0 bridgehead atoms. The highest BCUT2D eigenvalue weighted by Gasteiger charge is 2.32. The molecule has 1 fully saturated rings. The molecule has 2 atom stereocenters. The van der Waals surface area contributed by atoms with Gasteiger partial charge in [0.2, 0.25) is 0 Å². The molecule has 0 radical (unpaired) electrons. The summed E-state index contributed by atoms with van der Waals surface area (Å²) in [5.74, 6) is -0.151. The highest BCUT2D eigenvalue weighted by Crippen LogP contribution is 2.29. The van der Waals surface area contributed by atoms with Crippen LogP contribution in [0.15, 0.2) is 0 Å². The van der Waals surface area contributed by atoms with E-state index in [2.05, 4.69) is 0 Å². The molecule has 1 heterocycles. The predicted octanol–water partition coefficient (Wildman–Crippen LogP) is 1.49. The van der Waals surface area contributed by atoms with E-state index < -0.39 is 5.60 Å². The van der Waals surface area contributed by atoms with Crippen LogP contribution in [0.2, 0.25) is 0 Å². The van der Waals surface area contributed by atoms with Gasteiger partial charge in [-0.3, -0.25) is 4.79 Å². The zero-order valence-corrected chi connectivity index (χ0v) is 8.54. The molecule has 0 saturated carbocycles. The third-order valence-corrected chi connectivity index (χ3v) is 2.67. The zero-order chi connectivity index (χ0) is 10.1. The smallest absolute Gasteiger partial charge is 0.306 e. The molecular weight excluding hydrogens is 168 g/mol. The lowest BCUT2D eigenvalue weighted by Crippen LogP contribution is -2.31. The largest absolute Gasteiger partial charge is 0.463 e. The van der Waals surface area contributed by atoms with Crippen LogP contribution in [0, 0.1) is 5.92 Å². The highest BCUT2D eigenvalue weighted by atomic mass is 16.5. The molecule has 3 heteroatoms. The van der Waals surface area contributed by atoms with Crippen LogP contribution in [0.4, 0.5) is 0 Å². The lowest BCUT2D eigenvalue weighted by molar-refractivity contribution is -0.148. The van der Waals surface area contributed by atoms with E-state index in [0.717, 1.165) is 12.8 Å². The number of carbonyl (C=O) groups excluding carboxylic acids is 1. The molecule has 3 nitrogen and oxygen atoms in total. The maximum Gasteiger partial charge on any atom is 0.306 e. The summed E-state index contributed by atoms with van der Waals surface area (Å²) < 4.78 is 5.09. The Bertz CT molecular complexity index is 193. The fourth-order valence-corrected chi connectivity index (χ4v) is 1.67. The number of hydrogen-bond acceptors (Lipinski definition) is 3. The van der Waals surface area contributed by atoms with Gasteiger partial charge < -0.3 is 9.84 Å². The van der Waals surface area contributed by atoms with Gasteiger partial charge in [0.05, 0.1) is 18.1 Å². The summed E-state index contributed by atoms with van der Waals surface area (Å²) in [5, 5.41) is 9.76. The summed E-state index contributed by atoms with van der Waals surface area (Å²) in [7, 11) is 0.